The van der Waals surface area contributed by atoms with Crippen LogP contribution in [0.25, 0.3) is 0 Å². The third-order valence-corrected chi connectivity index (χ3v) is 2.23. The van der Waals surface area contributed by atoms with E-state index in [0.717, 1.165) is 4.47 Å². The van der Waals surface area contributed by atoms with E-state index in [0.29, 0.717) is 12.2 Å². The van der Waals surface area contributed by atoms with E-state index in [1.54, 1.807) is 25.4 Å². The minimum atomic E-state index is -0.406. The predicted molar refractivity (Wildman–Crippen MR) is 57.3 cm³/mol. The van der Waals surface area contributed by atoms with Crippen LogP contribution in [0, 0.1) is 0 Å². The zero-order valence-electron chi connectivity index (χ0n) is 8.16. The minimum absolute atomic E-state index is 0.0879. The van der Waals surface area contributed by atoms with Crippen LogP contribution < -0.4 is 4.74 Å². The molecule has 0 fully saturated rings. The van der Waals surface area contributed by atoms with Gasteiger partial charge in [-0.2, -0.15) is 0 Å². The van der Waals surface area contributed by atoms with Gasteiger partial charge in [0.2, 0.25) is 0 Å². The number of Topliss-reactive ketones (excluding diaryl/α,β-unsaturated/α-hetero) is 1. The van der Waals surface area contributed by atoms with Crippen molar-refractivity contribution >= 4 is 21.7 Å². The first kappa shape index (κ1) is 11.2. The molecule has 0 aliphatic carbocycles. The van der Waals surface area contributed by atoms with Crippen LogP contribution >= 0.6 is 15.9 Å². The van der Waals surface area contributed by atoms with Crippen LogP contribution in [0.5, 0.6) is 5.75 Å². The van der Waals surface area contributed by atoms with Crippen molar-refractivity contribution in [1.29, 1.82) is 0 Å². The molecule has 1 rings (SSSR count). The highest BCUT2D eigenvalue weighted by Gasteiger charge is 2.12. The summed E-state index contributed by atoms with van der Waals surface area (Å²) in [6.07, 6.45) is 3.34. The second kappa shape index (κ2) is 5.10. The molecule has 3 nitrogen and oxygen atoms in total. The molecule has 76 valence electrons. The molecular weight excluding hydrogens is 246 g/mol. The zero-order valence-corrected chi connectivity index (χ0v) is 9.74. The lowest BCUT2D eigenvalue weighted by Gasteiger charge is -2.12. The highest BCUT2D eigenvalue weighted by atomic mass is 79.9. The quantitative estimate of drug-likeness (QED) is 0.833. The molecule has 0 saturated heterocycles. The number of carbonyl (C=O) groups excluding carboxylic acids is 1. The molecule has 1 heterocycles. The fraction of sp³-hybridized carbons (Fsp3) is 0.400. The Hall–Kier alpha value is -0.900. The molecule has 0 aliphatic rings. The molecule has 0 radical (unpaired) electrons. The molecule has 1 aromatic heterocycles. The summed E-state index contributed by atoms with van der Waals surface area (Å²) in [5.41, 5.74) is 0. The van der Waals surface area contributed by atoms with E-state index in [1.807, 2.05) is 6.92 Å². The number of rotatable bonds is 4. The lowest BCUT2D eigenvalue weighted by Crippen LogP contribution is -2.22. The van der Waals surface area contributed by atoms with Gasteiger partial charge in [0, 0.05) is 17.1 Å². The van der Waals surface area contributed by atoms with Crippen LogP contribution in [0.4, 0.5) is 0 Å². The number of carbonyl (C=O) groups is 1. The number of halogens is 1. The summed E-state index contributed by atoms with van der Waals surface area (Å²) in [4.78, 5) is 15.2. The van der Waals surface area contributed by atoms with Crippen molar-refractivity contribution in [2.45, 2.75) is 26.4 Å². The largest absolute Gasteiger partial charge is 0.481 e. The zero-order chi connectivity index (χ0) is 10.6. The number of hydrogen-bond acceptors (Lipinski definition) is 3. The van der Waals surface area contributed by atoms with Gasteiger partial charge in [0.05, 0.1) is 6.20 Å². The smallest absolute Gasteiger partial charge is 0.172 e. The summed E-state index contributed by atoms with van der Waals surface area (Å²) in [7, 11) is 0. The van der Waals surface area contributed by atoms with Gasteiger partial charge in [-0.15, -0.1) is 0 Å². The number of nitrogens with zero attached hydrogens (tertiary/aromatic N) is 1. The molecule has 0 amide bonds. The van der Waals surface area contributed by atoms with Gasteiger partial charge in [-0.25, -0.2) is 0 Å². The number of hydrogen-bond donors (Lipinski definition) is 0. The van der Waals surface area contributed by atoms with E-state index in [4.69, 9.17) is 4.74 Å². The fourth-order valence-corrected chi connectivity index (χ4v) is 1.36. The number of aromatic nitrogens is 1. The van der Waals surface area contributed by atoms with Gasteiger partial charge in [0.15, 0.2) is 11.9 Å². The first-order chi connectivity index (χ1) is 6.63. The van der Waals surface area contributed by atoms with Crippen molar-refractivity contribution in [3.05, 3.63) is 22.9 Å². The molecule has 0 aromatic carbocycles. The summed E-state index contributed by atoms with van der Waals surface area (Å²) < 4.78 is 6.24. The summed E-state index contributed by atoms with van der Waals surface area (Å²) in [6.45, 7) is 3.56. The topological polar surface area (TPSA) is 39.2 Å². The van der Waals surface area contributed by atoms with Crippen molar-refractivity contribution in [3.8, 4) is 5.75 Å². The van der Waals surface area contributed by atoms with Crippen LogP contribution in [0.1, 0.15) is 20.3 Å². The Balaban J connectivity index is 2.64. The lowest BCUT2D eigenvalue weighted by molar-refractivity contribution is -0.124. The Morgan fingerprint density at radius 2 is 2.36 bits per heavy atom. The molecule has 1 aromatic rings. The number of ketones is 1. The molecule has 4 heteroatoms. The van der Waals surface area contributed by atoms with Gasteiger partial charge in [0.25, 0.3) is 0 Å². The van der Waals surface area contributed by atoms with Crippen LogP contribution in [0.3, 0.4) is 0 Å². The molecule has 0 aliphatic heterocycles. The summed E-state index contributed by atoms with van der Waals surface area (Å²) in [5, 5.41) is 0. The normalized spacial score (nSPS) is 12.2. The van der Waals surface area contributed by atoms with Gasteiger partial charge in [-0.05, 0) is 28.9 Å². The molecular formula is C10H12BrNO2. The van der Waals surface area contributed by atoms with Gasteiger partial charge < -0.3 is 4.74 Å². The Labute approximate surface area is 91.6 Å². The Kier molecular flexibility index (Phi) is 4.07. The lowest BCUT2D eigenvalue weighted by atomic mass is 10.2. The maximum Gasteiger partial charge on any atom is 0.172 e. The Morgan fingerprint density at radius 3 is 2.93 bits per heavy atom. The molecule has 0 bridgehead atoms. The highest BCUT2D eigenvalue weighted by molar-refractivity contribution is 9.10. The van der Waals surface area contributed by atoms with Crippen molar-refractivity contribution < 1.29 is 9.53 Å². The van der Waals surface area contributed by atoms with Crippen LogP contribution in [0.2, 0.25) is 0 Å². The van der Waals surface area contributed by atoms with Gasteiger partial charge in [-0.1, -0.05) is 6.92 Å². The molecule has 1 unspecified atom stereocenters. The van der Waals surface area contributed by atoms with Gasteiger partial charge in [0.1, 0.15) is 5.75 Å². The average Bonchev–Trinajstić information content (AvgIpc) is 2.16. The summed E-state index contributed by atoms with van der Waals surface area (Å²) in [6, 6.07) is 1.78. The van der Waals surface area contributed by atoms with Crippen molar-refractivity contribution in [3.63, 3.8) is 0 Å². The van der Waals surface area contributed by atoms with Crippen LogP contribution in [0.15, 0.2) is 22.9 Å². The predicted octanol–water partition coefficient (Wildman–Crippen LogP) is 2.59. The molecule has 0 spiro atoms. The molecule has 0 N–H and O–H groups in total. The standard InChI is InChI=1S/C10H12BrNO2/c1-3-10(13)7(2)14-9-4-8(11)5-12-6-9/h4-7H,3H2,1-2H3. The van der Waals surface area contributed by atoms with Crippen molar-refractivity contribution in [1.82, 2.24) is 4.98 Å². The Morgan fingerprint density at radius 1 is 1.64 bits per heavy atom. The third-order valence-electron chi connectivity index (χ3n) is 1.79. The van der Waals surface area contributed by atoms with E-state index in [-0.39, 0.29) is 5.78 Å². The summed E-state index contributed by atoms with van der Waals surface area (Å²) in [5.74, 6) is 0.693. The van der Waals surface area contributed by atoms with E-state index < -0.39 is 6.10 Å². The molecule has 1 atom stereocenters. The maximum atomic E-state index is 11.2. The van der Waals surface area contributed by atoms with E-state index in [9.17, 15) is 4.79 Å². The average molecular weight is 258 g/mol. The monoisotopic (exact) mass is 257 g/mol. The SMILES string of the molecule is CCC(=O)C(C)Oc1cncc(Br)c1. The van der Waals surface area contributed by atoms with Crippen molar-refractivity contribution in [2.24, 2.45) is 0 Å². The summed E-state index contributed by atoms with van der Waals surface area (Å²) >= 11 is 3.28. The van der Waals surface area contributed by atoms with Crippen molar-refractivity contribution in [2.75, 3.05) is 0 Å². The van der Waals surface area contributed by atoms with Gasteiger partial charge >= 0.3 is 0 Å². The maximum absolute atomic E-state index is 11.2. The third kappa shape index (κ3) is 3.10. The van der Waals surface area contributed by atoms with Crippen LogP contribution in [-0.4, -0.2) is 16.9 Å². The van der Waals surface area contributed by atoms with E-state index >= 15 is 0 Å². The second-order valence-electron chi connectivity index (χ2n) is 2.92. The molecule has 0 saturated carbocycles. The molecule has 14 heavy (non-hydrogen) atoms. The fourth-order valence-electron chi connectivity index (χ4n) is 1.01. The minimum Gasteiger partial charge on any atom is -0.481 e. The first-order valence-electron chi connectivity index (χ1n) is 4.43. The van der Waals surface area contributed by atoms with E-state index in [2.05, 4.69) is 20.9 Å². The number of pyridine rings is 1. The van der Waals surface area contributed by atoms with Gasteiger partial charge in [-0.3, -0.25) is 9.78 Å². The number of ether oxygens (including phenoxy) is 1. The van der Waals surface area contributed by atoms with Crippen LogP contribution in [-0.2, 0) is 4.79 Å². The second-order valence-corrected chi connectivity index (χ2v) is 3.83. The Bertz CT molecular complexity index is 328. The highest BCUT2D eigenvalue weighted by Crippen LogP contribution is 2.17. The first-order valence-corrected chi connectivity index (χ1v) is 5.22. The van der Waals surface area contributed by atoms with E-state index in [1.165, 1.54) is 0 Å².